The molecule has 2 aromatic rings. The van der Waals surface area contributed by atoms with Crippen LogP contribution in [0.5, 0.6) is 5.75 Å². The monoisotopic (exact) mass is 317 g/mol. The van der Waals surface area contributed by atoms with Crippen LogP contribution in [0.4, 0.5) is 0 Å². The van der Waals surface area contributed by atoms with E-state index in [-0.39, 0.29) is 18.9 Å². The molecule has 0 atom stereocenters. The van der Waals surface area contributed by atoms with Crippen molar-refractivity contribution in [3.8, 4) is 5.75 Å². The summed E-state index contributed by atoms with van der Waals surface area (Å²) in [5.41, 5.74) is 1.58. The highest BCUT2D eigenvalue weighted by Crippen LogP contribution is 2.15. The predicted molar refractivity (Wildman–Crippen MR) is 85.2 cm³/mol. The van der Waals surface area contributed by atoms with Crippen LogP contribution in [0.15, 0.2) is 48.5 Å². The third-order valence-electron chi connectivity index (χ3n) is 2.94. The quantitative estimate of drug-likeness (QED) is 0.679. The molecule has 0 aliphatic heterocycles. The molecule has 0 spiro atoms. The third kappa shape index (κ3) is 4.90. The van der Waals surface area contributed by atoms with Gasteiger partial charge in [-0.25, -0.2) is 0 Å². The highest BCUT2D eigenvalue weighted by molar-refractivity contribution is 6.30. The summed E-state index contributed by atoms with van der Waals surface area (Å²) >= 11 is 5.75. The maximum Gasteiger partial charge on any atom is 0.312 e. The van der Waals surface area contributed by atoms with Crippen LogP contribution in [-0.4, -0.2) is 18.4 Å². The Labute approximate surface area is 134 Å². The van der Waals surface area contributed by atoms with Gasteiger partial charge in [-0.2, -0.15) is 0 Å². The minimum Gasteiger partial charge on any atom is -0.426 e. The molecule has 0 heterocycles. The van der Waals surface area contributed by atoms with Crippen molar-refractivity contribution in [1.82, 2.24) is 5.32 Å². The minimum atomic E-state index is -0.410. The Morgan fingerprint density at radius 1 is 1.14 bits per heavy atom. The number of hydrogen-bond donors (Lipinski definition) is 1. The van der Waals surface area contributed by atoms with E-state index in [1.165, 1.54) is 0 Å². The summed E-state index contributed by atoms with van der Waals surface area (Å²) < 4.78 is 5.13. The molecule has 2 rings (SSSR count). The number of amides is 1. The second-order valence-corrected chi connectivity index (χ2v) is 5.24. The van der Waals surface area contributed by atoms with Crippen LogP contribution in [0.2, 0.25) is 5.02 Å². The van der Waals surface area contributed by atoms with Crippen LogP contribution in [0.1, 0.15) is 22.3 Å². The molecule has 5 heteroatoms. The fourth-order valence-electron chi connectivity index (χ4n) is 1.85. The molecule has 1 N–H and O–H groups in total. The van der Waals surface area contributed by atoms with Gasteiger partial charge in [-0.1, -0.05) is 29.3 Å². The zero-order valence-electron chi connectivity index (χ0n) is 12.1. The highest BCUT2D eigenvalue weighted by atomic mass is 35.5. The van der Waals surface area contributed by atoms with E-state index < -0.39 is 5.97 Å². The summed E-state index contributed by atoms with van der Waals surface area (Å²) in [6.07, 6.45) is 0.0974. The molecule has 0 bridgehead atoms. The Morgan fingerprint density at radius 2 is 1.86 bits per heavy atom. The lowest BCUT2D eigenvalue weighted by Crippen LogP contribution is -2.27. The lowest BCUT2D eigenvalue weighted by Gasteiger charge is -2.06. The number of rotatable bonds is 5. The molecule has 2 aromatic carbocycles. The normalized spacial score (nSPS) is 10.1. The largest absolute Gasteiger partial charge is 0.426 e. The summed E-state index contributed by atoms with van der Waals surface area (Å²) in [4.78, 5) is 23.6. The number of aryl methyl sites for hydroxylation is 1. The molecule has 0 saturated carbocycles. The SMILES string of the molecule is Cc1cccc(C(=O)NCCC(=O)Oc2ccc(Cl)cc2)c1. The van der Waals surface area contributed by atoms with Crippen molar-refractivity contribution in [3.63, 3.8) is 0 Å². The molecule has 0 radical (unpaired) electrons. The Bertz CT molecular complexity index is 668. The molecule has 0 unspecified atom stereocenters. The first kappa shape index (κ1) is 16.0. The van der Waals surface area contributed by atoms with E-state index in [4.69, 9.17) is 16.3 Å². The zero-order chi connectivity index (χ0) is 15.9. The van der Waals surface area contributed by atoms with Crippen molar-refractivity contribution >= 4 is 23.5 Å². The van der Waals surface area contributed by atoms with Gasteiger partial charge in [-0.15, -0.1) is 0 Å². The van der Waals surface area contributed by atoms with Crippen LogP contribution < -0.4 is 10.1 Å². The number of halogens is 1. The van der Waals surface area contributed by atoms with Gasteiger partial charge in [0.2, 0.25) is 0 Å². The fourth-order valence-corrected chi connectivity index (χ4v) is 1.98. The van der Waals surface area contributed by atoms with Crippen LogP contribution in [0, 0.1) is 6.92 Å². The minimum absolute atomic E-state index is 0.0974. The number of carbonyl (C=O) groups is 2. The molecule has 0 fully saturated rings. The number of nitrogens with one attached hydrogen (secondary N) is 1. The summed E-state index contributed by atoms with van der Waals surface area (Å²) in [5.74, 6) is -0.186. The standard InChI is InChI=1S/C17H16ClNO3/c1-12-3-2-4-13(11-12)17(21)19-10-9-16(20)22-15-7-5-14(18)6-8-15/h2-8,11H,9-10H2,1H3,(H,19,21). The highest BCUT2D eigenvalue weighted by Gasteiger charge is 2.08. The smallest absolute Gasteiger partial charge is 0.312 e. The molecule has 0 aromatic heterocycles. The van der Waals surface area contributed by atoms with Crippen LogP contribution in [-0.2, 0) is 4.79 Å². The lowest BCUT2D eigenvalue weighted by molar-refractivity contribution is -0.134. The van der Waals surface area contributed by atoms with E-state index in [1.54, 1.807) is 36.4 Å². The Morgan fingerprint density at radius 3 is 2.55 bits per heavy atom. The number of carbonyl (C=O) groups excluding carboxylic acids is 2. The van der Waals surface area contributed by atoms with Gasteiger partial charge in [0.1, 0.15) is 5.75 Å². The van der Waals surface area contributed by atoms with Gasteiger partial charge < -0.3 is 10.1 Å². The van der Waals surface area contributed by atoms with E-state index in [0.29, 0.717) is 16.3 Å². The summed E-state index contributed by atoms with van der Waals surface area (Å²) in [7, 11) is 0. The van der Waals surface area contributed by atoms with Crippen molar-refractivity contribution in [1.29, 1.82) is 0 Å². The second kappa shape index (κ2) is 7.61. The average molecular weight is 318 g/mol. The van der Waals surface area contributed by atoms with Gasteiger partial charge in [0, 0.05) is 17.1 Å². The van der Waals surface area contributed by atoms with Crippen molar-refractivity contribution in [3.05, 3.63) is 64.7 Å². The van der Waals surface area contributed by atoms with Gasteiger partial charge in [-0.05, 0) is 43.3 Å². The van der Waals surface area contributed by atoms with Crippen LogP contribution in [0.25, 0.3) is 0 Å². The molecule has 0 aliphatic carbocycles. The Balaban J connectivity index is 1.77. The molecule has 22 heavy (non-hydrogen) atoms. The molecular weight excluding hydrogens is 302 g/mol. The van der Waals surface area contributed by atoms with E-state index in [0.717, 1.165) is 5.56 Å². The van der Waals surface area contributed by atoms with Gasteiger partial charge in [0.15, 0.2) is 0 Å². The molecule has 114 valence electrons. The Kier molecular flexibility index (Phi) is 5.55. The van der Waals surface area contributed by atoms with Crippen LogP contribution >= 0.6 is 11.6 Å². The first-order chi connectivity index (χ1) is 10.5. The van der Waals surface area contributed by atoms with Crippen molar-refractivity contribution in [2.75, 3.05) is 6.54 Å². The fraction of sp³-hybridized carbons (Fsp3) is 0.176. The molecular formula is C17H16ClNO3. The predicted octanol–water partition coefficient (Wildman–Crippen LogP) is 3.37. The van der Waals surface area contributed by atoms with Gasteiger partial charge in [-0.3, -0.25) is 9.59 Å². The number of ether oxygens (including phenoxy) is 1. The lowest BCUT2D eigenvalue weighted by atomic mass is 10.1. The topological polar surface area (TPSA) is 55.4 Å². The summed E-state index contributed by atoms with van der Waals surface area (Å²) in [6, 6.07) is 13.8. The van der Waals surface area contributed by atoms with E-state index in [9.17, 15) is 9.59 Å². The molecule has 0 saturated heterocycles. The van der Waals surface area contributed by atoms with Crippen molar-refractivity contribution in [2.45, 2.75) is 13.3 Å². The summed E-state index contributed by atoms with van der Waals surface area (Å²) in [6.45, 7) is 2.14. The first-order valence-electron chi connectivity index (χ1n) is 6.86. The number of benzene rings is 2. The summed E-state index contributed by atoms with van der Waals surface area (Å²) in [5, 5.41) is 3.27. The second-order valence-electron chi connectivity index (χ2n) is 4.80. The molecule has 0 aliphatic rings. The number of esters is 1. The third-order valence-corrected chi connectivity index (χ3v) is 3.19. The van der Waals surface area contributed by atoms with Crippen LogP contribution in [0.3, 0.4) is 0 Å². The molecule has 1 amide bonds. The van der Waals surface area contributed by atoms with E-state index in [2.05, 4.69) is 5.32 Å². The maximum absolute atomic E-state index is 11.9. The Hall–Kier alpha value is -2.33. The first-order valence-corrected chi connectivity index (χ1v) is 7.23. The zero-order valence-corrected chi connectivity index (χ0v) is 12.9. The average Bonchev–Trinajstić information content (AvgIpc) is 2.49. The number of hydrogen-bond acceptors (Lipinski definition) is 3. The van der Waals surface area contributed by atoms with E-state index in [1.807, 2.05) is 19.1 Å². The van der Waals surface area contributed by atoms with Gasteiger partial charge >= 0.3 is 5.97 Å². The van der Waals surface area contributed by atoms with E-state index >= 15 is 0 Å². The van der Waals surface area contributed by atoms with Crippen molar-refractivity contribution in [2.24, 2.45) is 0 Å². The van der Waals surface area contributed by atoms with Gasteiger partial charge in [0.25, 0.3) is 5.91 Å². The van der Waals surface area contributed by atoms with Gasteiger partial charge in [0.05, 0.1) is 6.42 Å². The van der Waals surface area contributed by atoms with Crippen molar-refractivity contribution < 1.29 is 14.3 Å². The molecule has 4 nitrogen and oxygen atoms in total. The maximum atomic E-state index is 11.9.